The van der Waals surface area contributed by atoms with Gasteiger partial charge in [-0.2, -0.15) is 0 Å². The van der Waals surface area contributed by atoms with Crippen LogP contribution in [0.3, 0.4) is 0 Å². The fraction of sp³-hybridized carbons (Fsp3) is 0.333. The number of β-amino-alcohol motifs (C(OH)–C–C–N with tert-alkyl or cyclic N) is 1. The van der Waals surface area contributed by atoms with Crippen molar-refractivity contribution in [1.82, 2.24) is 9.88 Å². The van der Waals surface area contributed by atoms with E-state index in [2.05, 4.69) is 4.98 Å². The monoisotopic (exact) mass is 348 g/mol. The third-order valence-electron chi connectivity index (χ3n) is 4.35. The number of carbonyl (C=O) groups excluding carboxylic acids is 1. The van der Waals surface area contributed by atoms with Gasteiger partial charge in [0, 0.05) is 41.5 Å². The number of rotatable bonds is 4. The third kappa shape index (κ3) is 3.74. The molecule has 126 valence electrons. The summed E-state index contributed by atoms with van der Waals surface area (Å²) in [7, 11) is 0. The summed E-state index contributed by atoms with van der Waals surface area (Å²) in [6.45, 7) is 0.686. The molecule has 1 N–H and O–H groups in total. The molecule has 1 amide bonds. The van der Waals surface area contributed by atoms with Gasteiger partial charge in [-0.05, 0) is 30.7 Å². The zero-order valence-corrected chi connectivity index (χ0v) is 13.8. The van der Waals surface area contributed by atoms with Gasteiger partial charge in [0.25, 0.3) is 0 Å². The average molecular weight is 349 g/mol. The summed E-state index contributed by atoms with van der Waals surface area (Å²) in [5, 5.41) is 10.5. The summed E-state index contributed by atoms with van der Waals surface area (Å²) in [6, 6.07) is 9.99. The van der Waals surface area contributed by atoms with Crippen molar-refractivity contribution in [3.63, 3.8) is 0 Å². The van der Waals surface area contributed by atoms with Gasteiger partial charge in [0.2, 0.25) is 5.91 Å². The van der Waals surface area contributed by atoms with Crippen molar-refractivity contribution in [2.45, 2.75) is 18.9 Å². The van der Waals surface area contributed by atoms with Crippen LogP contribution >= 0.6 is 11.6 Å². The highest BCUT2D eigenvalue weighted by atomic mass is 35.5. The Hall–Kier alpha value is -1.98. The molecule has 0 aliphatic carbocycles. The highest BCUT2D eigenvalue weighted by Gasteiger charge is 2.34. The Kier molecular flexibility index (Phi) is 5.11. The summed E-state index contributed by atoms with van der Waals surface area (Å²) in [5.41, 5.74) is 1.08. The smallest absolute Gasteiger partial charge is 0.227 e. The molecular formula is C18H18ClFN2O2. The first kappa shape index (κ1) is 16.9. The maximum absolute atomic E-state index is 13.8. The maximum atomic E-state index is 13.8. The molecule has 1 fully saturated rings. The zero-order chi connectivity index (χ0) is 17.1. The number of benzene rings is 1. The molecule has 2 atom stereocenters. The summed E-state index contributed by atoms with van der Waals surface area (Å²) < 4.78 is 13.8. The zero-order valence-electron chi connectivity index (χ0n) is 13.0. The number of nitrogens with zero attached hydrogens (tertiary/aromatic N) is 2. The molecule has 0 radical (unpaired) electrons. The van der Waals surface area contributed by atoms with Crippen LogP contribution in [0.4, 0.5) is 4.39 Å². The lowest BCUT2D eigenvalue weighted by Crippen LogP contribution is -2.31. The Balaban J connectivity index is 1.65. The van der Waals surface area contributed by atoms with Crippen LogP contribution in [0, 0.1) is 11.7 Å². The SMILES string of the molecule is O=C(Cc1c(F)cccc1Cl)N1C[C@@H](Cc2ccccn2)[C@H](O)C1. The minimum absolute atomic E-state index is 0.0695. The van der Waals surface area contributed by atoms with Gasteiger partial charge >= 0.3 is 0 Å². The van der Waals surface area contributed by atoms with Crippen LogP contribution in [0.2, 0.25) is 5.02 Å². The normalized spacial score (nSPS) is 20.4. The third-order valence-corrected chi connectivity index (χ3v) is 4.70. The molecule has 1 saturated heterocycles. The lowest BCUT2D eigenvalue weighted by molar-refractivity contribution is -0.129. The summed E-state index contributed by atoms with van der Waals surface area (Å²) in [6.07, 6.45) is 1.60. The number of pyridine rings is 1. The predicted molar refractivity (Wildman–Crippen MR) is 89.1 cm³/mol. The number of hydrogen-bond donors (Lipinski definition) is 1. The van der Waals surface area contributed by atoms with Gasteiger partial charge in [-0.3, -0.25) is 9.78 Å². The first-order chi connectivity index (χ1) is 11.5. The van der Waals surface area contributed by atoms with Crippen LogP contribution in [0.1, 0.15) is 11.3 Å². The van der Waals surface area contributed by atoms with E-state index in [4.69, 9.17) is 11.6 Å². The Morgan fingerprint density at radius 2 is 2.12 bits per heavy atom. The standard InChI is InChI=1S/C18H18ClFN2O2/c19-15-5-3-6-16(20)14(15)9-18(24)22-10-12(17(23)11-22)8-13-4-1-2-7-21-13/h1-7,12,17,23H,8-11H2/t12-,17-/m1/s1. The second kappa shape index (κ2) is 7.28. The van der Waals surface area contributed by atoms with Crippen LogP contribution in [-0.4, -0.2) is 40.1 Å². The van der Waals surface area contributed by atoms with Crippen molar-refractivity contribution >= 4 is 17.5 Å². The number of aliphatic hydroxyl groups is 1. The molecule has 0 saturated carbocycles. The van der Waals surface area contributed by atoms with Crippen LogP contribution in [0.15, 0.2) is 42.6 Å². The lowest BCUT2D eigenvalue weighted by Gasteiger charge is -2.17. The van der Waals surface area contributed by atoms with Gasteiger partial charge in [-0.25, -0.2) is 4.39 Å². The van der Waals surface area contributed by atoms with Crippen molar-refractivity contribution in [1.29, 1.82) is 0 Å². The molecule has 1 aromatic carbocycles. The number of hydrogen-bond acceptors (Lipinski definition) is 3. The molecule has 4 nitrogen and oxygen atoms in total. The minimum Gasteiger partial charge on any atom is -0.391 e. The van der Waals surface area contributed by atoms with E-state index in [1.165, 1.54) is 12.1 Å². The van der Waals surface area contributed by atoms with Gasteiger partial charge in [0.15, 0.2) is 0 Å². The molecule has 0 bridgehead atoms. The fourth-order valence-corrected chi connectivity index (χ4v) is 3.24. The van der Waals surface area contributed by atoms with E-state index >= 15 is 0 Å². The van der Waals surface area contributed by atoms with Gasteiger partial charge in [-0.1, -0.05) is 23.7 Å². The lowest BCUT2D eigenvalue weighted by atomic mass is 10.00. The predicted octanol–water partition coefficient (Wildman–Crippen LogP) is 2.48. The van der Waals surface area contributed by atoms with Crippen LogP contribution in [-0.2, 0) is 17.6 Å². The van der Waals surface area contributed by atoms with E-state index in [9.17, 15) is 14.3 Å². The number of amides is 1. The topological polar surface area (TPSA) is 53.4 Å². The van der Waals surface area contributed by atoms with E-state index in [1.54, 1.807) is 17.2 Å². The highest BCUT2D eigenvalue weighted by molar-refractivity contribution is 6.31. The van der Waals surface area contributed by atoms with E-state index in [0.29, 0.717) is 13.0 Å². The molecular weight excluding hydrogens is 331 g/mol. The molecule has 3 rings (SSSR count). The number of likely N-dealkylation sites (tertiary alicyclic amines) is 1. The van der Waals surface area contributed by atoms with E-state index < -0.39 is 11.9 Å². The molecule has 2 heterocycles. The first-order valence-corrected chi connectivity index (χ1v) is 8.21. The molecule has 0 spiro atoms. The Morgan fingerprint density at radius 1 is 1.29 bits per heavy atom. The number of halogens is 2. The Morgan fingerprint density at radius 3 is 2.83 bits per heavy atom. The van der Waals surface area contributed by atoms with Crippen LogP contribution < -0.4 is 0 Å². The van der Waals surface area contributed by atoms with E-state index in [0.717, 1.165) is 5.69 Å². The molecule has 1 aliphatic heterocycles. The summed E-state index contributed by atoms with van der Waals surface area (Å²) in [4.78, 5) is 18.3. The molecule has 1 aliphatic rings. The molecule has 0 unspecified atom stereocenters. The summed E-state index contributed by atoms with van der Waals surface area (Å²) in [5.74, 6) is -0.787. The fourth-order valence-electron chi connectivity index (χ4n) is 3.01. The van der Waals surface area contributed by atoms with Crippen molar-refractivity contribution in [2.75, 3.05) is 13.1 Å². The molecule has 2 aromatic rings. The van der Waals surface area contributed by atoms with Gasteiger partial charge in [0.05, 0.1) is 12.5 Å². The second-order valence-electron chi connectivity index (χ2n) is 6.03. The number of aromatic nitrogens is 1. The molecule has 6 heteroatoms. The van der Waals surface area contributed by atoms with E-state index in [-0.39, 0.29) is 35.4 Å². The van der Waals surface area contributed by atoms with Crippen LogP contribution in [0.25, 0.3) is 0 Å². The minimum atomic E-state index is -0.605. The Labute approximate surface area is 144 Å². The van der Waals surface area contributed by atoms with Gasteiger partial charge < -0.3 is 10.0 Å². The molecule has 24 heavy (non-hydrogen) atoms. The highest BCUT2D eigenvalue weighted by Crippen LogP contribution is 2.24. The van der Waals surface area contributed by atoms with Crippen LogP contribution in [0.5, 0.6) is 0 Å². The largest absolute Gasteiger partial charge is 0.391 e. The first-order valence-electron chi connectivity index (χ1n) is 7.83. The Bertz CT molecular complexity index is 706. The summed E-state index contributed by atoms with van der Waals surface area (Å²) >= 11 is 5.98. The quantitative estimate of drug-likeness (QED) is 0.923. The maximum Gasteiger partial charge on any atom is 0.227 e. The van der Waals surface area contributed by atoms with Crippen molar-refractivity contribution in [2.24, 2.45) is 5.92 Å². The second-order valence-corrected chi connectivity index (χ2v) is 6.44. The average Bonchev–Trinajstić information content (AvgIpc) is 2.93. The van der Waals surface area contributed by atoms with Gasteiger partial charge in [-0.15, -0.1) is 0 Å². The van der Waals surface area contributed by atoms with Crippen molar-refractivity contribution < 1.29 is 14.3 Å². The molecule has 1 aromatic heterocycles. The van der Waals surface area contributed by atoms with Gasteiger partial charge in [0.1, 0.15) is 5.82 Å². The van der Waals surface area contributed by atoms with Crippen molar-refractivity contribution in [3.8, 4) is 0 Å². The number of carbonyl (C=O) groups is 1. The number of aliphatic hydroxyl groups excluding tert-OH is 1. The van der Waals surface area contributed by atoms with Crippen molar-refractivity contribution in [3.05, 3.63) is 64.7 Å². The van der Waals surface area contributed by atoms with E-state index in [1.807, 2.05) is 18.2 Å².